The Morgan fingerprint density at radius 1 is 1.16 bits per heavy atom. The van der Waals surface area contributed by atoms with Crippen molar-refractivity contribution in [2.45, 2.75) is 6.04 Å². The molecule has 0 aromatic heterocycles. The fourth-order valence-corrected chi connectivity index (χ4v) is 3.41. The molecule has 25 heavy (non-hydrogen) atoms. The van der Waals surface area contributed by atoms with Gasteiger partial charge < -0.3 is 9.64 Å². The average Bonchev–Trinajstić information content (AvgIpc) is 2.65. The molecule has 5 heteroatoms. The number of esters is 1. The smallest absolute Gasteiger partial charge is 0.327 e. The third kappa shape index (κ3) is 2.83. The minimum Gasteiger partial charge on any atom is -0.468 e. The van der Waals surface area contributed by atoms with Crippen molar-refractivity contribution in [1.82, 2.24) is 4.90 Å². The highest BCUT2D eigenvalue weighted by molar-refractivity contribution is 6.30. The van der Waals surface area contributed by atoms with Gasteiger partial charge in [-0.2, -0.15) is 0 Å². The highest BCUT2D eigenvalue weighted by atomic mass is 35.5. The van der Waals surface area contributed by atoms with Crippen LogP contribution in [0.1, 0.15) is 17.2 Å². The summed E-state index contributed by atoms with van der Waals surface area (Å²) in [5.41, 5.74) is 0.366. The summed E-state index contributed by atoms with van der Waals surface area (Å²) in [7, 11) is 2.98. The monoisotopic (exact) mass is 355 g/mol. The molecule has 0 spiro atoms. The van der Waals surface area contributed by atoms with E-state index in [0.29, 0.717) is 5.02 Å². The Morgan fingerprint density at radius 2 is 1.80 bits per heavy atom. The molecule has 1 fully saturated rings. The van der Waals surface area contributed by atoms with Crippen molar-refractivity contribution >= 4 is 29.6 Å². The third-order valence-corrected chi connectivity index (χ3v) is 4.79. The molecule has 2 aromatic rings. The molecule has 0 aliphatic carbocycles. The van der Waals surface area contributed by atoms with E-state index in [0.717, 1.165) is 11.1 Å². The summed E-state index contributed by atoms with van der Waals surface area (Å²) < 4.78 is 4.98. The van der Waals surface area contributed by atoms with Crippen molar-refractivity contribution in [3.05, 3.63) is 76.8 Å². The van der Waals surface area contributed by atoms with Gasteiger partial charge in [-0.05, 0) is 23.3 Å². The summed E-state index contributed by atoms with van der Waals surface area (Å²) in [5, 5.41) is 0.598. The van der Waals surface area contributed by atoms with Gasteiger partial charge in [-0.3, -0.25) is 9.59 Å². The summed E-state index contributed by atoms with van der Waals surface area (Å²) >= 11 is 5.96. The quantitative estimate of drug-likeness (QED) is 0.477. The lowest BCUT2D eigenvalue weighted by Gasteiger charge is -2.51. The average molecular weight is 356 g/mol. The normalized spacial score (nSPS) is 22.8. The number of carbonyl (C=O) groups excluding carboxylic acids is 2. The van der Waals surface area contributed by atoms with E-state index in [9.17, 15) is 9.59 Å². The number of likely N-dealkylation sites (tertiary alicyclic amines) is 1. The van der Waals surface area contributed by atoms with E-state index in [1.54, 1.807) is 36.2 Å². The van der Waals surface area contributed by atoms with Crippen LogP contribution in [0.2, 0.25) is 5.02 Å². The molecule has 1 aliphatic heterocycles. The predicted octanol–water partition coefficient (Wildman–Crippen LogP) is 3.73. The van der Waals surface area contributed by atoms with Crippen LogP contribution in [-0.2, 0) is 14.3 Å². The summed E-state index contributed by atoms with van der Waals surface area (Å²) in [6.45, 7) is 0. The van der Waals surface area contributed by atoms with Crippen LogP contribution in [0.15, 0.2) is 60.7 Å². The van der Waals surface area contributed by atoms with E-state index in [1.807, 2.05) is 42.5 Å². The van der Waals surface area contributed by atoms with Crippen LogP contribution in [0.5, 0.6) is 0 Å². The van der Waals surface area contributed by atoms with Crippen molar-refractivity contribution in [2.75, 3.05) is 14.2 Å². The molecule has 0 saturated carbocycles. The van der Waals surface area contributed by atoms with E-state index in [1.165, 1.54) is 7.11 Å². The second-order valence-corrected chi connectivity index (χ2v) is 6.41. The molecule has 2 atom stereocenters. The number of hydrogen-bond acceptors (Lipinski definition) is 3. The fraction of sp³-hybridized carbons (Fsp3) is 0.200. The van der Waals surface area contributed by atoms with Crippen LogP contribution >= 0.6 is 11.6 Å². The van der Waals surface area contributed by atoms with Gasteiger partial charge in [0.05, 0.1) is 13.2 Å². The lowest BCUT2D eigenvalue weighted by Crippen LogP contribution is -2.64. The lowest BCUT2D eigenvalue weighted by atomic mass is 9.67. The number of ether oxygens (including phenoxy) is 1. The predicted molar refractivity (Wildman–Crippen MR) is 96.9 cm³/mol. The van der Waals surface area contributed by atoms with Gasteiger partial charge in [-0.15, -0.1) is 0 Å². The number of β-lactam (4-membered cyclic amide) rings is 1. The van der Waals surface area contributed by atoms with Crippen LogP contribution in [0.4, 0.5) is 0 Å². The van der Waals surface area contributed by atoms with Gasteiger partial charge in [0.1, 0.15) is 0 Å². The third-order valence-electron chi connectivity index (χ3n) is 4.54. The van der Waals surface area contributed by atoms with E-state index >= 15 is 0 Å². The Labute approximate surface area is 151 Å². The number of halogens is 1. The summed E-state index contributed by atoms with van der Waals surface area (Å²) in [4.78, 5) is 26.9. The first-order valence-electron chi connectivity index (χ1n) is 7.86. The second-order valence-electron chi connectivity index (χ2n) is 5.97. The fourth-order valence-electron chi connectivity index (χ4n) is 3.29. The first kappa shape index (κ1) is 17.2. The zero-order valence-corrected chi connectivity index (χ0v) is 14.7. The number of methoxy groups -OCH3 is 1. The van der Waals surface area contributed by atoms with E-state index < -0.39 is 17.4 Å². The maximum Gasteiger partial charge on any atom is 0.327 e. The highest BCUT2D eigenvalue weighted by Crippen LogP contribution is 2.51. The van der Waals surface area contributed by atoms with E-state index in [-0.39, 0.29) is 5.91 Å². The molecular weight excluding hydrogens is 338 g/mol. The summed E-state index contributed by atoms with van der Waals surface area (Å²) in [6.07, 6.45) is 3.43. The Morgan fingerprint density at radius 3 is 2.40 bits per heavy atom. The number of benzene rings is 2. The van der Waals surface area contributed by atoms with Crippen LogP contribution in [0.25, 0.3) is 6.08 Å². The maximum atomic E-state index is 12.7. The Kier molecular flexibility index (Phi) is 4.64. The molecule has 128 valence electrons. The number of nitrogens with zero attached hydrogens (tertiary/aromatic N) is 1. The van der Waals surface area contributed by atoms with Crippen molar-refractivity contribution < 1.29 is 14.3 Å². The number of hydrogen-bond donors (Lipinski definition) is 0. The Balaban J connectivity index is 2.06. The van der Waals surface area contributed by atoms with E-state index in [2.05, 4.69) is 0 Å². The molecule has 2 aromatic carbocycles. The summed E-state index contributed by atoms with van der Waals surface area (Å²) in [5.74, 6) is -0.853. The lowest BCUT2D eigenvalue weighted by molar-refractivity contribution is -0.180. The second kappa shape index (κ2) is 6.73. The van der Waals surface area contributed by atoms with Gasteiger partial charge in [0.2, 0.25) is 5.91 Å². The van der Waals surface area contributed by atoms with Gasteiger partial charge in [0.25, 0.3) is 0 Å². The minimum absolute atomic E-state index is 0.286. The van der Waals surface area contributed by atoms with Gasteiger partial charge in [0, 0.05) is 12.1 Å². The van der Waals surface area contributed by atoms with Crippen LogP contribution < -0.4 is 0 Å². The van der Waals surface area contributed by atoms with Crippen LogP contribution in [0.3, 0.4) is 0 Å². The zero-order chi connectivity index (χ0) is 18.0. The molecule has 0 unspecified atom stereocenters. The Bertz CT molecular complexity index is 807. The van der Waals surface area contributed by atoms with Crippen LogP contribution in [0, 0.1) is 5.41 Å². The van der Waals surface area contributed by atoms with Gasteiger partial charge in [0.15, 0.2) is 5.41 Å². The Hall–Kier alpha value is -2.59. The van der Waals surface area contributed by atoms with Crippen molar-refractivity contribution in [2.24, 2.45) is 5.41 Å². The van der Waals surface area contributed by atoms with Gasteiger partial charge in [-0.25, -0.2) is 0 Å². The number of carbonyl (C=O) groups is 2. The van der Waals surface area contributed by atoms with Crippen molar-refractivity contribution in [1.29, 1.82) is 0 Å². The first-order chi connectivity index (χ1) is 12.0. The van der Waals surface area contributed by atoms with E-state index in [4.69, 9.17) is 16.3 Å². The topological polar surface area (TPSA) is 46.6 Å². The highest BCUT2D eigenvalue weighted by Gasteiger charge is 2.64. The number of amides is 1. The molecular formula is C20H18ClNO3. The molecule has 1 heterocycles. The van der Waals surface area contributed by atoms with Gasteiger partial charge >= 0.3 is 5.97 Å². The molecule has 0 radical (unpaired) electrons. The molecule has 4 nitrogen and oxygen atoms in total. The SMILES string of the molecule is COC(=O)[C@]1(/C=C/c2ccccc2)C(=O)N(C)[C@@H]1c1ccc(Cl)cc1. The van der Waals surface area contributed by atoms with Crippen molar-refractivity contribution in [3.63, 3.8) is 0 Å². The molecule has 1 aliphatic rings. The largest absolute Gasteiger partial charge is 0.468 e. The molecule has 0 N–H and O–H groups in total. The first-order valence-corrected chi connectivity index (χ1v) is 8.24. The van der Waals surface area contributed by atoms with Crippen LogP contribution in [-0.4, -0.2) is 30.9 Å². The summed E-state index contributed by atoms with van der Waals surface area (Å²) in [6, 6.07) is 16.2. The zero-order valence-electron chi connectivity index (χ0n) is 14.0. The molecule has 1 saturated heterocycles. The molecule has 3 rings (SSSR count). The van der Waals surface area contributed by atoms with Gasteiger partial charge in [-0.1, -0.05) is 66.2 Å². The minimum atomic E-state index is -1.37. The number of rotatable bonds is 4. The molecule has 1 amide bonds. The molecule has 0 bridgehead atoms. The standard InChI is InChI=1S/C20H18ClNO3/c1-22-17(15-8-10-16(21)11-9-15)20(18(22)23,19(24)25-2)13-12-14-6-4-3-5-7-14/h3-13,17H,1-2H3/b13-12+/t17-,20+/m1/s1. The van der Waals surface area contributed by atoms with Crippen molar-refractivity contribution in [3.8, 4) is 0 Å². The maximum absolute atomic E-state index is 12.7.